The summed E-state index contributed by atoms with van der Waals surface area (Å²) in [7, 11) is 0. The average molecular weight is 339 g/mol. The van der Waals surface area contributed by atoms with E-state index in [1.54, 1.807) is 30.7 Å². The van der Waals surface area contributed by atoms with Crippen molar-refractivity contribution >= 4 is 34.8 Å². The van der Waals surface area contributed by atoms with Crippen molar-refractivity contribution in [3.05, 3.63) is 62.6 Å². The zero-order valence-corrected chi connectivity index (χ0v) is 12.3. The Morgan fingerprint density at radius 2 is 2.10 bits per heavy atom. The largest absolute Gasteiger partial charge is 0.336 e. The molecular weight excluding hydrogens is 328 g/mol. The highest BCUT2D eigenvalue weighted by molar-refractivity contribution is 6.34. The van der Waals surface area contributed by atoms with E-state index in [-0.39, 0.29) is 5.38 Å². The Balaban J connectivity index is 0.000000444. The molecule has 1 aromatic carbocycles. The van der Waals surface area contributed by atoms with Crippen molar-refractivity contribution in [2.75, 3.05) is 0 Å². The quantitative estimate of drug-likeness (QED) is 0.524. The molecule has 0 aliphatic rings. The number of benzene rings is 1. The van der Waals surface area contributed by atoms with Crippen LogP contribution in [0.5, 0.6) is 0 Å². The van der Waals surface area contributed by atoms with Gasteiger partial charge in [0.2, 0.25) is 0 Å². The molecule has 0 fully saturated rings. The van der Waals surface area contributed by atoms with Crippen LogP contribution in [0.3, 0.4) is 0 Å². The standard InChI is InChI=1S/C11H9Cl3N2.HNO3/c12-8-1-2-10(13)9(5-8)11(14)6-16-4-3-15-7-16;2-1(3)4/h1-5,7,11H,6H2;(H,2,3,4). The van der Waals surface area contributed by atoms with E-state index < -0.39 is 5.09 Å². The first-order valence-corrected chi connectivity index (χ1v) is 6.47. The Morgan fingerprint density at radius 3 is 2.65 bits per heavy atom. The van der Waals surface area contributed by atoms with Gasteiger partial charge in [0.1, 0.15) is 0 Å². The molecule has 0 saturated carbocycles. The summed E-state index contributed by atoms with van der Waals surface area (Å²) in [5.74, 6) is 0. The molecule has 0 bridgehead atoms. The Kier molecular flexibility index (Phi) is 6.57. The van der Waals surface area contributed by atoms with Crippen molar-refractivity contribution in [3.63, 3.8) is 0 Å². The number of hydrogen-bond donors (Lipinski definition) is 1. The minimum atomic E-state index is -1.50. The van der Waals surface area contributed by atoms with Crippen molar-refractivity contribution < 1.29 is 10.3 Å². The molecule has 0 amide bonds. The monoisotopic (exact) mass is 337 g/mol. The Labute approximate surface area is 129 Å². The van der Waals surface area contributed by atoms with Gasteiger partial charge in [0.05, 0.1) is 11.7 Å². The first kappa shape index (κ1) is 16.6. The number of alkyl halides is 1. The van der Waals surface area contributed by atoms with E-state index in [1.165, 1.54) is 0 Å². The van der Waals surface area contributed by atoms with Gasteiger partial charge in [-0.15, -0.1) is 21.7 Å². The van der Waals surface area contributed by atoms with Gasteiger partial charge in [0.25, 0.3) is 5.09 Å². The summed E-state index contributed by atoms with van der Waals surface area (Å²) in [5, 5.41) is 14.7. The molecule has 2 rings (SSSR count). The molecule has 0 radical (unpaired) electrons. The van der Waals surface area contributed by atoms with E-state index in [0.29, 0.717) is 16.6 Å². The zero-order chi connectivity index (χ0) is 15.1. The van der Waals surface area contributed by atoms with E-state index >= 15 is 0 Å². The SMILES string of the molecule is Clc1ccc(Cl)c(C(Cl)Cn2ccnc2)c1.O=[N+]([O-])O. The van der Waals surface area contributed by atoms with Gasteiger partial charge in [-0.25, -0.2) is 4.98 Å². The van der Waals surface area contributed by atoms with Crippen molar-refractivity contribution in [2.24, 2.45) is 0 Å². The van der Waals surface area contributed by atoms with Gasteiger partial charge < -0.3 is 9.77 Å². The van der Waals surface area contributed by atoms with Gasteiger partial charge in [0, 0.05) is 29.0 Å². The lowest BCUT2D eigenvalue weighted by Gasteiger charge is -2.12. The summed E-state index contributed by atoms with van der Waals surface area (Å²) < 4.78 is 1.90. The molecule has 0 spiro atoms. The molecule has 20 heavy (non-hydrogen) atoms. The second-order valence-corrected chi connectivity index (χ2v) is 5.00. The highest BCUT2D eigenvalue weighted by Gasteiger charge is 2.12. The van der Waals surface area contributed by atoms with E-state index in [4.69, 9.17) is 50.1 Å². The van der Waals surface area contributed by atoms with Crippen LogP contribution in [0.25, 0.3) is 0 Å². The Morgan fingerprint density at radius 1 is 1.45 bits per heavy atom. The molecular formula is C11H10Cl3N3O3. The molecule has 6 nitrogen and oxygen atoms in total. The van der Waals surface area contributed by atoms with E-state index in [0.717, 1.165) is 5.56 Å². The average Bonchev–Trinajstić information content (AvgIpc) is 2.84. The molecule has 1 atom stereocenters. The van der Waals surface area contributed by atoms with Crippen molar-refractivity contribution in [2.45, 2.75) is 11.9 Å². The number of nitrogens with zero attached hydrogens (tertiary/aromatic N) is 3. The maximum absolute atomic E-state index is 8.36. The van der Waals surface area contributed by atoms with Crippen molar-refractivity contribution in [1.82, 2.24) is 9.55 Å². The third-order valence-electron chi connectivity index (χ3n) is 2.23. The van der Waals surface area contributed by atoms with Crippen molar-refractivity contribution in [3.8, 4) is 0 Å². The first-order valence-electron chi connectivity index (χ1n) is 5.28. The minimum absolute atomic E-state index is 0.222. The Bertz CT molecular complexity index is 559. The van der Waals surface area contributed by atoms with Crippen LogP contribution in [0.4, 0.5) is 0 Å². The molecule has 1 aromatic heterocycles. The predicted molar refractivity (Wildman–Crippen MR) is 76.1 cm³/mol. The van der Waals surface area contributed by atoms with Crippen LogP contribution in [0.15, 0.2) is 36.9 Å². The number of imidazole rings is 1. The molecule has 2 aromatic rings. The van der Waals surface area contributed by atoms with Crippen LogP contribution >= 0.6 is 34.8 Å². The summed E-state index contributed by atoms with van der Waals surface area (Å²) in [5.41, 5.74) is 0.838. The number of hydrogen-bond acceptors (Lipinski definition) is 3. The van der Waals surface area contributed by atoms with Crippen molar-refractivity contribution in [1.29, 1.82) is 0 Å². The molecule has 9 heteroatoms. The van der Waals surface area contributed by atoms with Crippen LogP contribution < -0.4 is 0 Å². The normalized spacial score (nSPS) is 11.3. The molecule has 0 aliphatic heterocycles. The third kappa shape index (κ3) is 5.64. The second kappa shape index (κ2) is 7.94. The molecule has 1 N–H and O–H groups in total. The summed E-state index contributed by atoms with van der Waals surface area (Å²) in [4.78, 5) is 12.3. The number of rotatable bonds is 3. The van der Waals surface area contributed by atoms with Gasteiger partial charge >= 0.3 is 0 Å². The minimum Gasteiger partial charge on any atom is -0.336 e. The fourth-order valence-corrected chi connectivity index (χ4v) is 2.26. The lowest BCUT2D eigenvalue weighted by molar-refractivity contribution is -0.742. The predicted octanol–water partition coefficient (Wildman–Crippen LogP) is 3.82. The summed E-state index contributed by atoms with van der Waals surface area (Å²) in [6, 6.07) is 5.29. The van der Waals surface area contributed by atoms with Gasteiger partial charge in [-0.3, -0.25) is 0 Å². The van der Waals surface area contributed by atoms with Crippen LogP contribution in [-0.2, 0) is 6.54 Å². The van der Waals surface area contributed by atoms with Crippen LogP contribution in [0.1, 0.15) is 10.9 Å². The van der Waals surface area contributed by atoms with Gasteiger partial charge in [-0.2, -0.15) is 0 Å². The molecule has 0 saturated heterocycles. The maximum Gasteiger partial charge on any atom is 0.291 e. The number of aromatic nitrogens is 2. The molecule has 1 unspecified atom stereocenters. The van der Waals surface area contributed by atoms with Gasteiger partial charge in [0.15, 0.2) is 0 Å². The zero-order valence-electron chi connectivity index (χ0n) is 9.99. The van der Waals surface area contributed by atoms with E-state index in [9.17, 15) is 0 Å². The third-order valence-corrected chi connectivity index (χ3v) is 3.18. The highest BCUT2D eigenvalue weighted by Crippen LogP contribution is 2.31. The van der Waals surface area contributed by atoms with E-state index in [2.05, 4.69) is 4.98 Å². The van der Waals surface area contributed by atoms with Gasteiger partial charge in [-0.1, -0.05) is 23.2 Å². The van der Waals surface area contributed by atoms with Crippen LogP contribution in [0, 0.1) is 10.1 Å². The Hall–Kier alpha value is -1.50. The maximum atomic E-state index is 8.36. The molecule has 1 heterocycles. The van der Waals surface area contributed by atoms with Crippen LogP contribution in [0.2, 0.25) is 10.0 Å². The summed E-state index contributed by atoms with van der Waals surface area (Å²) >= 11 is 18.3. The highest BCUT2D eigenvalue weighted by atomic mass is 35.5. The summed E-state index contributed by atoms with van der Waals surface area (Å²) in [6.07, 6.45) is 5.28. The fourth-order valence-electron chi connectivity index (χ4n) is 1.43. The van der Waals surface area contributed by atoms with Gasteiger partial charge in [-0.05, 0) is 23.8 Å². The van der Waals surface area contributed by atoms with E-state index in [1.807, 2.05) is 10.8 Å². The second-order valence-electron chi connectivity index (χ2n) is 3.63. The summed E-state index contributed by atoms with van der Waals surface area (Å²) in [6.45, 7) is 0.613. The number of halogens is 3. The lowest BCUT2D eigenvalue weighted by Crippen LogP contribution is -2.02. The lowest BCUT2D eigenvalue weighted by atomic mass is 10.1. The topological polar surface area (TPSA) is 81.2 Å². The smallest absolute Gasteiger partial charge is 0.291 e. The fraction of sp³-hybridized carbons (Fsp3) is 0.182. The molecule has 108 valence electrons. The van der Waals surface area contributed by atoms with Crippen LogP contribution in [-0.4, -0.2) is 19.8 Å². The first-order chi connectivity index (χ1) is 9.40. The molecule has 0 aliphatic carbocycles.